The van der Waals surface area contributed by atoms with Gasteiger partial charge in [0.15, 0.2) is 5.65 Å². The summed E-state index contributed by atoms with van der Waals surface area (Å²) in [4.78, 5) is 17.3. The first-order chi connectivity index (χ1) is 11.9. The van der Waals surface area contributed by atoms with Gasteiger partial charge in [0, 0.05) is 17.3 Å². The molecule has 0 aliphatic carbocycles. The van der Waals surface area contributed by atoms with E-state index in [1.165, 1.54) is 10.6 Å². The summed E-state index contributed by atoms with van der Waals surface area (Å²) >= 11 is 0. The molecule has 3 rings (SSSR count). The fourth-order valence-corrected chi connectivity index (χ4v) is 3.03. The average Bonchev–Trinajstić information content (AvgIpc) is 2.90. The Hall–Kier alpha value is -2.60. The van der Waals surface area contributed by atoms with Crippen LogP contribution in [0.25, 0.3) is 16.8 Å². The third kappa shape index (κ3) is 3.17. The minimum atomic E-state index is -0.265. The van der Waals surface area contributed by atoms with Crippen LogP contribution in [0.15, 0.2) is 35.1 Å². The molecule has 1 aromatic carbocycles. The Balaban J connectivity index is 2.24. The number of rotatable bonds is 5. The van der Waals surface area contributed by atoms with Gasteiger partial charge in [-0.15, -0.1) is 0 Å². The van der Waals surface area contributed by atoms with E-state index in [4.69, 9.17) is 14.5 Å². The molecular formula is C19H23N3O3. The summed E-state index contributed by atoms with van der Waals surface area (Å²) in [5.74, 6) is 0.734. The van der Waals surface area contributed by atoms with Crippen LogP contribution in [-0.2, 0) is 4.74 Å². The number of aromatic amines is 1. The number of methoxy groups -OCH3 is 1. The fourth-order valence-electron chi connectivity index (χ4n) is 3.03. The lowest BCUT2D eigenvalue weighted by Crippen LogP contribution is -2.18. The third-order valence-electron chi connectivity index (χ3n) is 4.09. The fraction of sp³-hybridized carbons (Fsp3) is 0.368. The van der Waals surface area contributed by atoms with Gasteiger partial charge in [0.25, 0.3) is 5.56 Å². The molecule has 1 N–H and O–H groups in total. The Bertz CT molecular complexity index is 956. The molecule has 0 radical (unpaired) electrons. The van der Waals surface area contributed by atoms with Gasteiger partial charge < -0.3 is 9.47 Å². The van der Waals surface area contributed by atoms with Gasteiger partial charge in [-0.1, -0.05) is 18.2 Å². The van der Waals surface area contributed by atoms with Crippen LogP contribution >= 0.6 is 0 Å². The minimum absolute atomic E-state index is 0.0527. The third-order valence-corrected chi connectivity index (χ3v) is 4.09. The van der Waals surface area contributed by atoms with Crippen LogP contribution in [0.4, 0.5) is 0 Å². The number of hydrogen-bond donors (Lipinski definition) is 1. The number of H-pyrrole nitrogens is 1. The van der Waals surface area contributed by atoms with Crippen LogP contribution in [0.3, 0.4) is 0 Å². The number of ether oxygens (including phenoxy) is 2. The van der Waals surface area contributed by atoms with E-state index in [0.29, 0.717) is 11.3 Å². The lowest BCUT2D eigenvalue weighted by molar-refractivity contribution is 0.0155. The zero-order valence-electron chi connectivity index (χ0n) is 15.2. The first-order valence-corrected chi connectivity index (χ1v) is 8.33. The molecule has 132 valence electrons. The number of para-hydroxylation sites is 1. The number of nitrogens with one attached hydrogen (secondary N) is 1. The zero-order chi connectivity index (χ0) is 18.1. The van der Waals surface area contributed by atoms with Crippen molar-refractivity contribution in [1.29, 1.82) is 0 Å². The van der Waals surface area contributed by atoms with Gasteiger partial charge >= 0.3 is 0 Å². The maximum absolute atomic E-state index is 12.5. The summed E-state index contributed by atoms with van der Waals surface area (Å²) in [5.41, 5.74) is 3.63. The first kappa shape index (κ1) is 17.2. The highest BCUT2D eigenvalue weighted by Crippen LogP contribution is 2.34. The summed E-state index contributed by atoms with van der Waals surface area (Å²) < 4.78 is 12.7. The summed E-state index contributed by atoms with van der Waals surface area (Å²) in [6.07, 6.45) is -0.213. The molecule has 3 aromatic rings. The second-order valence-corrected chi connectivity index (χ2v) is 6.32. The van der Waals surface area contributed by atoms with Crippen molar-refractivity contribution >= 4 is 5.65 Å². The molecular weight excluding hydrogens is 318 g/mol. The first-order valence-electron chi connectivity index (χ1n) is 8.33. The molecule has 0 saturated heterocycles. The lowest BCUT2D eigenvalue weighted by atomic mass is 10.0. The van der Waals surface area contributed by atoms with Crippen molar-refractivity contribution < 1.29 is 9.47 Å². The quantitative estimate of drug-likeness (QED) is 0.771. The molecule has 6 nitrogen and oxygen atoms in total. The smallest absolute Gasteiger partial charge is 0.273 e. The Morgan fingerprint density at radius 2 is 1.92 bits per heavy atom. The van der Waals surface area contributed by atoms with E-state index in [2.05, 4.69) is 5.10 Å². The molecule has 0 saturated carbocycles. The summed E-state index contributed by atoms with van der Waals surface area (Å²) in [6, 6.07) is 9.22. The van der Waals surface area contributed by atoms with Crippen LogP contribution in [0.1, 0.15) is 38.3 Å². The van der Waals surface area contributed by atoms with E-state index < -0.39 is 0 Å². The van der Waals surface area contributed by atoms with Gasteiger partial charge in [-0.2, -0.15) is 0 Å². The molecule has 1 unspecified atom stereocenters. The van der Waals surface area contributed by atoms with Crippen molar-refractivity contribution in [2.24, 2.45) is 0 Å². The highest BCUT2D eigenvalue weighted by atomic mass is 16.5. The summed E-state index contributed by atoms with van der Waals surface area (Å²) in [7, 11) is 1.63. The normalized spacial score (nSPS) is 12.7. The number of hydrogen-bond acceptors (Lipinski definition) is 4. The second-order valence-electron chi connectivity index (χ2n) is 6.32. The monoisotopic (exact) mass is 341 g/mol. The van der Waals surface area contributed by atoms with Crippen LogP contribution < -0.4 is 10.3 Å². The van der Waals surface area contributed by atoms with E-state index in [0.717, 1.165) is 22.6 Å². The second kappa shape index (κ2) is 6.72. The molecule has 2 aromatic heterocycles. The highest BCUT2D eigenvalue weighted by molar-refractivity contribution is 5.83. The summed E-state index contributed by atoms with van der Waals surface area (Å²) in [5, 5.41) is 3.10. The maximum Gasteiger partial charge on any atom is 0.273 e. The molecule has 2 heterocycles. The van der Waals surface area contributed by atoms with Crippen molar-refractivity contribution in [3.63, 3.8) is 0 Å². The van der Waals surface area contributed by atoms with Crippen molar-refractivity contribution in [2.45, 2.75) is 39.9 Å². The standard InChI is InChI=1S/C19H23N3O3/c1-11(2)25-13(4)15-10-17(23)22-19(20-15)18(12(3)21-22)14-8-6-7-9-16(14)24-5/h6-11,13,21H,1-5H3. The number of aryl methyl sites for hydroxylation is 1. The van der Waals surface area contributed by atoms with Crippen LogP contribution in [0.5, 0.6) is 5.75 Å². The topological polar surface area (TPSA) is 68.6 Å². The van der Waals surface area contributed by atoms with Gasteiger partial charge in [-0.3, -0.25) is 9.89 Å². The molecule has 0 bridgehead atoms. The molecule has 0 amide bonds. The van der Waals surface area contributed by atoms with Crippen molar-refractivity contribution in [3.8, 4) is 16.9 Å². The molecule has 0 aliphatic rings. The van der Waals surface area contributed by atoms with E-state index in [1.807, 2.05) is 52.0 Å². The number of fused-ring (bicyclic) bond motifs is 1. The molecule has 25 heavy (non-hydrogen) atoms. The van der Waals surface area contributed by atoms with Crippen molar-refractivity contribution in [1.82, 2.24) is 14.6 Å². The van der Waals surface area contributed by atoms with Crippen LogP contribution in [-0.4, -0.2) is 27.8 Å². The Kier molecular flexibility index (Phi) is 4.63. The van der Waals surface area contributed by atoms with E-state index in [1.54, 1.807) is 7.11 Å². The van der Waals surface area contributed by atoms with Gasteiger partial charge in [0.2, 0.25) is 0 Å². The average molecular weight is 341 g/mol. The molecule has 6 heteroatoms. The minimum Gasteiger partial charge on any atom is -0.496 e. The SMILES string of the molecule is COc1ccccc1-c1c(C)[nH]n2c(=O)cc(C(C)OC(C)C)nc12. The van der Waals surface area contributed by atoms with Gasteiger partial charge in [0.05, 0.1) is 30.6 Å². The number of nitrogens with zero attached hydrogens (tertiary/aromatic N) is 2. The Morgan fingerprint density at radius 3 is 2.60 bits per heavy atom. The Labute approximate surface area is 146 Å². The van der Waals surface area contributed by atoms with E-state index in [-0.39, 0.29) is 17.8 Å². The van der Waals surface area contributed by atoms with Crippen molar-refractivity contribution in [3.05, 3.63) is 52.1 Å². The van der Waals surface area contributed by atoms with Crippen LogP contribution in [0.2, 0.25) is 0 Å². The predicted molar refractivity (Wildman–Crippen MR) is 97.2 cm³/mol. The van der Waals surface area contributed by atoms with E-state index >= 15 is 0 Å². The number of benzene rings is 1. The van der Waals surface area contributed by atoms with Gasteiger partial charge in [-0.25, -0.2) is 9.50 Å². The van der Waals surface area contributed by atoms with Crippen LogP contribution in [0, 0.1) is 6.92 Å². The molecule has 0 fully saturated rings. The predicted octanol–water partition coefficient (Wildman–Crippen LogP) is 3.49. The highest BCUT2D eigenvalue weighted by Gasteiger charge is 2.19. The van der Waals surface area contributed by atoms with E-state index in [9.17, 15) is 4.79 Å². The largest absolute Gasteiger partial charge is 0.496 e. The van der Waals surface area contributed by atoms with Gasteiger partial charge in [-0.05, 0) is 33.8 Å². The molecule has 0 aliphatic heterocycles. The molecule has 0 spiro atoms. The zero-order valence-corrected chi connectivity index (χ0v) is 15.2. The number of aromatic nitrogens is 3. The lowest BCUT2D eigenvalue weighted by Gasteiger charge is -2.15. The maximum atomic E-state index is 12.5. The van der Waals surface area contributed by atoms with Gasteiger partial charge in [0.1, 0.15) is 5.75 Å². The molecule has 1 atom stereocenters. The summed E-state index contributed by atoms with van der Waals surface area (Å²) in [6.45, 7) is 7.75. The Morgan fingerprint density at radius 1 is 1.20 bits per heavy atom. The van der Waals surface area contributed by atoms with Crippen molar-refractivity contribution in [2.75, 3.05) is 7.11 Å².